The number of anilines is 3. The zero-order chi connectivity index (χ0) is 23.9. The Morgan fingerprint density at radius 3 is 2.62 bits per heavy atom. The number of sulfonamides is 1. The number of pyridine rings is 1. The van der Waals surface area contributed by atoms with E-state index in [4.69, 9.17) is 14.7 Å². The van der Waals surface area contributed by atoms with Crippen molar-refractivity contribution < 1.29 is 13.2 Å². The lowest BCUT2D eigenvalue weighted by Gasteiger charge is -2.35. The van der Waals surface area contributed by atoms with Gasteiger partial charge in [-0.25, -0.2) is 18.4 Å². The Labute approximate surface area is 197 Å². The fourth-order valence-corrected chi connectivity index (χ4v) is 4.95. The average Bonchev–Trinajstić information content (AvgIpc) is 3.25. The van der Waals surface area contributed by atoms with E-state index in [0.29, 0.717) is 31.4 Å². The number of hydrogen-bond acceptors (Lipinski definition) is 8. The molecule has 0 amide bonds. The molecule has 2 aliphatic rings. The maximum atomic E-state index is 12.2. The van der Waals surface area contributed by atoms with Crippen molar-refractivity contribution in [2.75, 3.05) is 36.2 Å². The molecule has 0 saturated carbocycles. The van der Waals surface area contributed by atoms with Crippen molar-refractivity contribution in [3.05, 3.63) is 64.1 Å². The largest absolute Gasteiger partial charge is 0.377 e. The minimum absolute atomic E-state index is 0.118. The van der Waals surface area contributed by atoms with Gasteiger partial charge in [0, 0.05) is 36.0 Å². The summed E-state index contributed by atoms with van der Waals surface area (Å²) in [7, 11) is -3.36. The van der Waals surface area contributed by atoms with Gasteiger partial charge in [0.05, 0.1) is 37.8 Å². The minimum atomic E-state index is -3.36. The number of aromatic nitrogens is 3. The van der Waals surface area contributed by atoms with Crippen molar-refractivity contribution in [3.63, 3.8) is 0 Å². The van der Waals surface area contributed by atoms with E-state index < -0.39 is 10.0 Å². The fourth-order valence-electron chi connectivity index (χ4n) is 4.23. The second-order valence-electron chi connectivity index (χ2n) is 8.58. The van der Waals surface area contributed by atoms with E-state index in [9.17, 15) is 13.2 Å². The summed E-state index contributed by atoms with van der Waals surface area (Å²) in [6, 6.07) is 12.6. The van der Waals surface area contributed by atoms with Crippen molar-refractivity contribution >= 4 is 27.3 Å². The summed E-state index contributed by atoms with van der Waals surface area (Å²) in [5.74, 6) is 1.91. The first kappa shape index (κ1) is 22.5. The monoisotopic (exact) mass is 482 g/mol. The van der Waals surface area contributed by atoms with Crippen molar-refractivity contribution in [2.24, 2.45) is 0 Å². The van der Waals surface area contributed by atoms with Crippen molar-refractivity contribution in [1.29, 1.82) is 0 Å². The van der Waals surface area contributed by atoms with Crippen LogP contribution in [0.5, 0.6) is 0 Å². The highest BCUT2D eigenvalue weighted by Crippen LogP contribution is 2.34. The third-order valence-electron chi connectivity index (χ3n) is 6.03. The molecule has 3 aromatic rings. The minimum Gasteiger partial charge on any atom is -0.377 e. The lowest BCUT2D eigenvalue weighted by Crippen LogP contribution is -2.44. The number of nitrogens with zero attached hydrogens (tertiary/aromatic N) is 4. The Kier molecular flexibility index (Phi) is 5.84. The molecule has 2 aromatic heterocycles. The van der Waals surface area contributed by atoms with Crippen molar-refractivity contribution in [1.82, 2.24) is 19.3 Å². The van der Waals surface area contributed by atoms with Crippen molar-refractivity contribution in [3.8, 4) is 11.4 Å². The van der Waals surface area contributed by atoms with Crippen LogP contribution in [0.25, 0.3) is 11.4 Å². The highest BCUT2D eigenvalue weighted by Gasteiger charge is 2.34. The van der Waals surface area contributed by atoms with Gasteiger partial charge in [0.15, 0.2) is 5.82 Å². The quantitative estimate of drug-likeness (QED) is 0.567. The Morgan fingerprint density at radius 2 is 1.91 bits per heavy atom. The molecule has 1 saturated heterocycles. The zero-order valence-electron chi connectivity index (χ0n) is 19.0. The molecule has 10 nitrogen and oxygen atoms in total. The number of ether oxygens (including phenoxy) is 1. The summed E-state index contributed by atoms with van der Waals surface area (Å²) in [6.07, 6.45) is 1.22. The van der Waals surface area contributed by atoms with Crippen molar-refractivity contribution in [2.45, 2.75) is 26.1 Å². The van der Waals surface area contributed by atoms with Gasteiger partial charge in [0.25, 0.3) is 0 Å². The summed E-state index contributed by atoms with van der Waals surface area (Å²) >= 11 is 0. The SMILES string of the molecule is C[C@H]1COCCN1c1nc(-c2ccc(Nc3cccc(=O)[nH]3)cc2)nc2c1CN(S(C)(=O)=O)C2. The lowest BCUT2D eigenvalue weighted by molar-refractivity contribution is 0.0984. The molecule has 2 N–H and O–H groups in total. The van der Waals surface area contributed by atoms with Gasteiger partial charge in [0.2, 0.25) is 15.6 Å². The first-order chi connectivity index (χ1) is 16.3. The molecule has 11 heteroatoms. The molecule has 0 radical (unpaired) electrons. The van der Waals surface area contributed by atoms with Crippen LogP contribution >= 0.6 is 0 Å². The molecule has 1 atom stereocenters. The molecule has 0 aliphatic carbocycles. The van der Waals surface area contributed by atoms with E-state index in [1.165, 1.54) is 16.6 Å². The maximum absolute atomic E-state index is 12.2. The zero-order valence-corrected chi connectivity index (χ0v) is 19.8. The predicted octanol–water partition coefficient (Wildman–Crippen LogP) is 2.08. The van der Waals surface area contributed by atoms with E-state index in [1.54, 1.807) is 12.1 Å². The van der Waals surface area contributed by atoms with E-state index in [1.807, 2.05) is 24.3 Å². The molecular formula is C23H26N6O4S. The number of rotatable bonds is 5. The van der Waals surface area contributed by atoms with Gasteiger partial charge in [0.1, 0.15) is 11.6 Å². The van der Waals surface area contributed by atoms with Crippen LogP contribution in [0.4, 0.5) is 17.3 Å². The van der Waals surface area contributed by atoms with E-state index in [2.05, 4.69) is 22.1 Å². The fraction of sp³-hybridized carbons (Fsp3) is 0.348. The van der Waals surface area contributed by atoms with Gasteiger partial charge in [-0.05, 0) is 37.3 Å². The third-order valence-corrected chi connectivity index (χ3v) is 7.23. The third kappa shape index (κ3) is 4.54. The number of hydrogen-bond donors (Lipinski definition) is 2. The molecule has 0 bridgehead atoms. The molecule has 2 aliphatic heterocycles. The predicted molar refractivity (Wildman–Crippen MR) is 130 cm³/mol. The van der Waals surface area contributed by atoms with Crippen LogP contribution in [-0.4, -0.2) is 59.7 Å². The second kappa shape index (κ2) is 8.82. The second-order valence-corrected chi connectivity index (χ2v) is 10.6. The van der Waals surface area contributed by atoms with Gasteiger partial charge >= 0.3 is 0 Å². The molecule has 178 valence electrons. The van der Waals surface area contributed by atoms with Crippen LogP contribution in [-0.2, 0) is 27.8 Å². The van der Waals surface area contributed by atoms with Gasteiger partial charge < -0.3 is 19.9 Å². The Bertz CT molecular complexity index is 1370. The molecule has 34 heavy (non-hydrogen) atoms. The molecule has 1 fully saturated rings. The number of H-pyrrole nitrogens is 1. The lowest BCUT2D eigenvalue weighted by atomic mass is 10.1. The molecule has 4 heterocycles. The molecule has 0 spiro atoms. The van der Waals surface area contributed by atoms with Gasteiger partial charge in [-0.15, -0.1) is 0 Å². The maximum Gasteiger partial charge on any atom is 0.249 e. The number of benzene rings is 1. The average molecular weight is 483 g/mol. The van der Waals surface area contributed by atoms with Gasteiger partial charge in [-0.2, -0.15) is 4.31 Å². The van der Waals surface area contributed by atoms with Crippen LogP contribution in [0.3, 0.4) is 0 Å². The first-order valence-electron chi connectivity index (χ1n) is 11.0. The summed E-state index contributed by atoms with van der Waals surface area (Å²) < 4.78 is 31.5. The Balaban J connectivity index is 1.49. The topological polar surface area (TPSA) is 121 Å². The molecule has 0 unspecified atom stereocenters. The van der Waals surface area contributed by atoms with E-state index in [0.717, 1.165) is 28.3 Å². The van der Waals surface area contributed by atoms with E-state index >= 15 is 0 Å². The summed E-state index contributed by atoms with van der Waals surface area (Å²) in [5, 5.41) is 3.16. The first-order valence-corrected chi connectivity index (χ1v) is 12.9. The summed E-state index contributed by atoms with van der Waals surface area (Å²) in [5.41, 5.74) is 3.02. The Hall–Kier alpha value is -3.28. The molecular weight excluding hydrogens is 456 g/mol. The van der Waals surface area contributed by atoms with Crippen LogP contribution in [0.15, 0.2) is 47.3 Å². The highest BCUT2D eigenvalue weighted by molar-refractivity contribution is 7.88. The molecule has 1 aromatic carbocycles. The van der Waals surface area contributed by atoms with Gasteiger partial charge in [-0.3, -0.25) is 4.79 Å². The number of aromatic amines is 1. The Morgan fingerprint density at radius 1 is 1.12 bits per heavy atom. The molecule has 5 rings (SSSR count). The normalized spacial score (nSPS) is 18.6. The highest BCUT2D eigenvalue weighted by atomic mass is 32.2. The van der Waals surface area contributed by atoms with Crippen LogP contribution in [0.2, 0.25) is 0 Å². The van der Waals surface area contributed by atoms with Gasteiger partial charge in [-0.1, -0.05) is 6.07 Å². The number of nitrogens with one attached hydrogen (secondary N) is 2. The standard InChI is InChI=1S/C23H26N6O4S/c1-15-14-33-11-10-29(15)23-18-12-28(34(2,31)32)13-19(18)25-22(27-23)16-6-8-17(9-7-16)24-20-4-3-5-21(30)26-20/h3-9,15H,10-14H2,1-2H3,(H2,24,26,30)/t15-/m0/s1. The number of morpholine rings is 1. The van der Waals surface area contributed by atoms with E-state index in [-0.39, 0.29) is 24.7 Å². The smallest absolute Gasteiger partial charge is 0.249 e. The number of fused-ring (bicyclic) bond motifs is 1. The summed E-state index contributed by atoms with van der Waals surface area (Å²) in [4.78, 5) is 26.1. The van der Waals surface area contributed by atoms with Crippen LogP contribution in [0, 0.1) is 0 Å². The van der Waals surface area contributed by atoms with Crippen LogP contribution in [0.1, 0.15) is 18.2 Å². The van der Waals surface area contributed by atoms with Crippen LogP contribution < -0.4 is 15.8 Å². The summed E-state index contributed by atoms with van der Waals surface area (Å²) in [6.45, 7) is 4.44.